The Bertz CT molecular complexity index is 2680. The Morgan fingerprint density at radius 1 is 0.315 bits per heavy atom. The summed E-state index contributed by atoms with van der Waals surface area (Å²) < 4.78 is 0. The predicted molar refractivity (Wildman–Crippen MR) is 222 cm³/mol. The molecule has 8 aromatic rings. The summed E-state index contributed by atoms with van der Waals surface area (Å²) in [4.78, 5) is 0. The van der Waals surface area contributed by atoms with Crippen molar-refractivity contribution in [3.05, 3.63) is 237 Å². The molecule has 0 fully saturated rings. The maximum absolute atomic E-state index is 2.57. The summed E-state index contributed by atoms with van der Waals surface area (Å²) in [5.74, 6) is 0.443. The van der Waals surface area contributed by atoms with Crippen LogP contribution in [0.3, 0.4) is 0 Å². The fraction of sp³-hybridized carbons (Fsp3) is 0.111. The molecule has 0 spiro atoms. The summed E-state index contributed by atoms with van der Waals surface area (Å²) in [6.45, 7) is 4.85. The molecular weight excluding hydrogens is 649 g/mol. The quantitative estimate of drug-likeness (QED) is 0.174. The number of benzene rings is 8. The molecule has 0 aliphatic heterocycles. The average Bonchev–Trinajstić information content (AvgIpc) is 3.91. The van der Waals surface area contributed by atoms with Crippen LogP contribution in [0, 0.1) is 0 Å². The topological polar surface area (TPSA) is 0 Å². The molecule has 0 saturated carbocycles. The van der Waals surface area contributed by atoms with E-state index in [0.29, 0.717) is 0 Å². The molecule has 1 unspecified atom stereocenters. The minimum Gasteiger partial charge on any atom is -0.0619 e. The van der Waals surface area contributed by atoms with Crippen molar-refractivity contribution in [3.8, 4) is 44.5 Å². The molecular formula is C54H38. The van der Waals surface area contributed by atoms with Crippen LogP contribution in [0.4, 0.5) is 0 Å². The van der Waals surface area contributed by atoms with E-state index in [1.165, 1.54) is 106 Å². The summed E-state index contributed by atoms with van der Waals surface area (Å²) in [5.41, 5.74) is 26.4. The Labute approximate surface area is 317 Å². The number of hydrogen-bond acceptors (Lipinski definition) is 0. The summed E-state index contributed by atoms with van der Waals surface area (Å²) in [6, 6.07) is 67.2. The molecule has 8 aromatic carbocycles. The van der Waals surface area contributed by atoms with Gasteiger partial charge in [0.15, 0.2) is 0 Å². The first-order chi connectivity index (χ1) is 26.6. The second-order valence-corrected chi connectivity index (χ2v) is 16.3. The highest BCUT2D eigenvalue weighted by Crippen LogP contribution is 2.59. The maximum Gasteiger partial charge on any atom is 0.0352 e. The first-order valence-electron chi connectivity index (χ1n) is 19.5. The first kappa shape index (κ1) is 30.2. The van der Waals surface area contributed by atoms with Crippen molar-refractivity contribution in [2.45, 2.75) is 37.0 Å². The van der Waals surface area contributed by atoms with Crippen LogP contribution in [0.1, 0.15) is 92.8 Å². The van der Waals surface area contributed by atoms with Crippen LogP contribution in [0.25, 0.3) is 44.5 Å². The van der Waals surface area contributed by atoms with Gasteiger partial charge in [0.1, 0.15) is 0 Å². The molecule has 0 heteroatoms. The highest BCUT2D eigenvalue weighted by atomic mass is 14.5. The molecule has 0 aromatic heterocycles. The Hall–Kier alpha value is -6.24. The zero-order valence-corrected chi connectivity index (χ0v) is 30.5. The highest BCUT2D eigenvalue weighted by molar-refractivity contribution is 5.94. The second-order valence-electron chi connectivity index (χ2n) is 16.3. The lowest BCUT2D eigenvalue weighted by atomic mass is 9.77. The molecule has 0 amide bonds. The minimum atomic E-state index is -0.0964. The average molecular weight is 687 g/mol. The summed E-state index contributed by atoms with van der Waals surface area (Å²) >= 11 is 0. The van der Waals surface area contributed by atoms with Crippen molar-refractivity contribution in [1.29, 1.82) is 0 Å². The SMILES string of the molecule is CC1(C)c2ccccc2-c2ccc3c(c21)-c1ccccc1C3c1cc(C2c3ccccc3-c3ccccc32)cc(C2c3ccccc3-c3ccccc32)c1. The van der Waals surface area contributed by atoms with Crippen LogP contribution < -0.4 is 0 Å². The molecule has 0 heterocycles. The third-order valence-electron chi connectivity index (χ3n) is 13.3. The van der Waals surface area contributed by atoms with E-state index in [4.69, 9.17) is 0 Å². The Morgan fingerprint density at radius 2 is 0.667 bits per heavy atom. The maximum atomic E-state index is 2.57. The van der Waals surface area contributed by atoms with Crippen molar-refractivity contribution < 1.29 is 0 Å². The highest BCUT2D eigenvalue weighted by Gasteiger charge is 2.43. The zero-order valence-electron chi connectivity index (χ0n) is 30.5. The molecule has 4 aliphatic rings. The van der Waals surface area contributed by atoms with Gasteiger partial charge >= 0.3 is 0 Å². The molecule has 12 rings (SSSR count). The van der Waals surface area contributed by atoms with Crippen LogP contribution in [0.15, 0.2) is 176 Å². The van der Waals surface area contributed by atoms with Gasteiger partial charge in [0.2, 0.25) is 0 Å². The van der Waals surface area contributed by atoms with Gasteiger partial charge in [0.05, 0.1) is 0 Å². The van der Waals surface area contributed by atoms with Crippen LogP contribution >= 0.6 is 0 Å². The molecule has 0 radical (unpaired) electrons. The van der Waals surface area contributed by atoms with Gasteiger partial charge in [-0.25, -0.2) is 0 Å². The number of fused-ring (bicyclic) bond motifs is 13. The summed E-state index contributed by atoms with van der Waals surface area (Å²) in [5, 5.41) is 0. The monoisotopic (exact) mass is 686 g/mol. The normalized spacial score (nSPS) is 16.5. The van der Waals surface area contributed by atoms with E-state index >= 15 is 0 Å². The van der Waals surface area contributed by atoms with Crippen molar-refractivity contribution in [2.75, 3.05) is 0 Å². The number of hydrogen-bond donors (Lipinski definition) is 0. The lowest BCUT2D eigenvalue weighted by molar-refractivity contribution is 0.661. The van der Waals surface area contributed by atoms with Crippen molar-refractivity contribution >= 4 is 0 Å². The standard InChI is InChI=1S/C54H38/c1-54(2)48-26-14-13-19-39(48)46-27-28-47-51(44-24-11-12-25-45(44)52(47)53(46)54)34-30-32(49-40-20-7-3-15-35(40)36-16-4-8-21-41(36)49)29-33(31-34)50-42-22-9-5-17-37(42)38-18-6-10-23-43(38)50/h3-31,49-51H,1-2H3. The fourth-order valence-electron chi connectivity index (χ4n) is 11.2. The van der Waals surface area contributed by atoms with Crippen LogP contribution in [-0.2, 0) is 5.41 Å². The van der Waals surface area contributed by atoms with E-state index in [1.807, 2.05) is 0 Å². The van der Waals surface area contributed by atoms with E-state index in [2.05, 4.69) is 190 Å². The van der Waals surface area contributed by atoms with Gasteiger partial charge in [-0.3, -0.25) is 0 Å². The van der Waals surface area contributed by atoms with Gasteiger partial charge in [-0.2, -0.15) is 0 Å². The molecule has 0 nitrogen and oxygen atoms in total. The van der Waals surface area contributed by atoms with Crippen molar-refractivity contribution in [1.82, 2.24) is 0 Å². The predicted octanol–water partition coefficient (Wildman–Crippen LogP) is 13.5. The van der Waals surface area contributed by atoms with E-state index < -0.39 is 0 Å². The van der Waals surface area contributed by atoms with E-state index in [9.17, 15) is 0 Å². The Morgan fingerprint density at radius 3 is 1.13 bits per heavy atom. The second kappa shape index (κ2) is 10.9. The third-order valence-corrected chi connectivity index (χ3v) is 13.3. The molecule has 54 heavy (non-hydrogen) atoms. The molecule has 1 atom stereocenters. The number of rotatable bonds is 3. The van der Waals surface area contributed by atoms with Crippen LogP contribution in [-0.4, -0.2) is 0 Å². The van der Waals surface area contributed by atoms with Gasteiger partial charge in [0.25, 0.3) is 0 Å². The van der Waals surface area contributed by atoms with Crippen molar-refractivity contribution in [2.24, 2.45) is 0 Å². The smallest absolute Gasteiger partial charge is 0.0352 e. The summed E-state index contributed by atoms with van der Waals surface area (Å²) in [7, 11) is 0. The zero-order chi connectivity index (χ0) is 35.7. The van der Waals surface area contributed by atoms with Gasteiger partial charge < -0.3 is 0 Å². The summed E-state index contributed by atoms with van der Waals surface area (Å²) in [6.07, 6.45) is 0. The molecule has 4 aliphatic carbocycles. The molecule has 0 N–H and O–H groups in total. The van der Waals surface area contributed by atoms with Gasteiger partial charge in [-0.15, -0.1) is 0 Å². The largest absolute Gasteiger partial charge is 0.0619 e. The van der Waals surface area contributed by atoms with Gasteiger partial charge in [0, 0.05) is 23.2 Å². The van der Waals surface area contributed by atoms with Crippen LogP contribution in [0.5, 0.6) is 0 Å². The molecule has 0 bridgehead atoms. The molecule has 254 valence electrons. The van der Waals surface area contributed by atoms with Crippen LogP contribution in [0.2, 0.25) is 0 Å². The Kier molecular flexibility index (Phi) is 6.11. The lowest BCUT2D eigenvalue weighted by Gasteiger charge is -2.25. The van der Waals surface area contributed by atoms with E-state index in [1.54, 1.807) is 0 Å². The minimum absolute atomic E-state index is 0.0964. The first-order valence-corrected chi connectivity index (χ1v) is 19.5. The molecule has 0 saturated heterocycles. The van der Waals surface area contributed by atoms with Gasteiger partial charge in [-0.1, -0.05) is 190 Å². The Balaban J connectivity index is 1.14. The lowest BCUT2D eigenvalue weighted by Crippen LogP contribution is -2.16. The van der Waals surface area contributed by atoms with E-state index in [0.717, 1.165) is 0 Å². The third kappa shape index (κ3) is 3.93. The van der Waals surface area contributed by atoms with Crippen molar-refractivity contribution in [3.63, 3.8) is 0 Å². The fourth-order valence-corrected chi connectivity index (χ4v) is 11.2. The van der Waals surface area contributed by atoms with E-state index in [-0.39, 0.29) is 23.2 Å². The van der Waals surface area contributed by atoms with Gasteiger partial charge in [-0.05, 0) is 106 Å².